The number of thiazole rings is 1. The summed E-state index contributed by atoms with van der Waals surface area (Å²) in [5.41, 5.74) is 1.19. The van der Waals surface area contributed by atoms with Crippen molar-refractivity contribution in [2.75, 3.05) is 7.11 Å². The molecule has 0 aliphatic rings. The van der Waals surface area contributed by atoms with E-state index >= 15 is 0 Å². The number of methoxy groups -OCH3 is 1. The van der Waals surface area contributed by atoms with Crippen molar-refractivity contribution in [1.82, 2.24) is 9.97 Å². The highest BCUT2D eigenvalue weighted by Gasteiger charge is 2.02. The molecule has 0 radical (unpaired) electrons. The van der Waals surface area contributed by atoms with Crippen molar-refractivity contribution < 1.29 is 9.53 Å². The minimum absolute atomic E-state index is 0.175. The second-order valence-corrected chi connectivity index (χ2v) is 6.03. The molecule has 2 aromatic heterocycles. The number of carbonyl (C=O) groups is 1. The zero-order chi connectivity index (χ0) is 16.9. The molecule has 6 heteroatoms. The molecule has 1 N–H and O–H groups in total. The summed E-state index contributed by atoms with van der Waals surface area (Å²) in [6, 6.07) is 10.7. The average Bonchev–Trinajstić information content (AvgIpc) is 2.95. The lowest BCUT2D eigenvalue weighted by Crippen LogP contribution is -2.19. The number of nitrogens with one attached hydrogen (secondary N) is 1. The number of rotatable bonds is 4. The van der Waals surface area contributed by atoms with Crippen LogP contribution in [0.25, 0.3) is 12.2 Å². The number of ether oxygens (including phenoxy) is 1. The largest absolute Gasteiger partial charge is 0.497 e. The van der Waals surface area contributed by atoms with Crippen LogP contribution in [0.5, 0.6) is 5.75 Å². The predicted molar refractivity (Wildman–Crippen MR) is 93.8 cm³/mol. The summed E-state index contributed by atoms with van der Waals surface area (Å²) in [5, 5.41) is 0. The topological polar surface area (TPSA) is 72.0 Å². The molecule has 0 saturated heterocycles. The summed E-state index contributed by atoms with van der Waals surface area (Å²) in [7, 11) is 1.60. The number of benzene rings is 1. The average molecular weight is 338 g/mol. The highest BCUT2D eigenvalue weighted by Crippen LogP contribution is 2.11. The minimum Gasteiger partial charge on any atom is -0.497 e. The maximum atomic E-state index is 12.1. The lowest BCUT2D eigenvalue weighted by molar-refractivity contribution is 0.106. The van der Waals surface area contributed by atoms with Crippen LogP contribution in [0, 0.1) is 0 Å². The number of pyridine rings is 1. The summed E-state index contributed by atoms with van der Waals surface area (Å²) in [5.74, 6) is 0.579. The van der Waals surface area contributed by atoms with Gasteiger partial charge in [-0.25, -0.2) is 0 Å². The van der Waals surface area contributed by atoms with E-state index in [0.29, 0.717) is 14.8 Å². The molecule has 0 atom stereocenters. The molecule has 0 bridgehead atoms. The molecular weight excluding hydrogens is 324 g/mol. The Morgan fingerprint density at radius 2 is 1.88 bits per heavy atom. The lowest BCUT2D eigenvalue weighted by Gasteiger charge is -1.98. The van der Waals surface area contributed by atoms with Crippen LogP contribution < -0.4 is 19.5 Å². The Labute approximate surface area is 141 Å². The van der Waals surface area contributed by atoms with E-state index in [2.05, 4.69) is 9.97 Å². The third-order valence-corrected chi connectivity index (χ3v) is 4.28. The predicted octanol–water partition coefficient (Wildman–Crippen LogP) is 1.33. The quantitative estimate of drug-likeness (QED) is 0.729. The van der Waals surface area contributed by atoms with Gasteiger partial charge in [-0.05, 0) is 35.9 Å². The van der Waals surface area contributed by atoms with Crippen molar-refractivity contribution in [3.63, 3.8) is 0 Å². The summed E-state index contributed by atoms with van der Waals surface area (Å²) < 4.78 is 6.16. The summed E-state index contributed by atoms with van der Waals surface area (Å²) >= 11 is 1.24. The van der Waals surface area contributed by atoms with E-state index in [1.54, 1.807) is 37.7 Å². The molecular formula is C18H14N2O3S. The summed E-state index contributed by atoms with van der Waals surface area (Å²) in [6.45, 7) is 0. The van der Waals surface area contributed by atoms with Gasteiger partial charge in [-0.15, -0.1) is 11.3 Å². The number of carbonyl (C=O) groups excluding carboxylic acids is 1. The number of aromatic amines is 1. The van der Waals surface area contributed by atoms with Gasteiger partial charge in [0.15, 0.2) is 5.78 Å². The zero-order valence-corrected chi connectivity index (χ0v) is 13.7. The van der Waals surface area contributed by atoms with E-state index in [1.165, 1.54) is 17.4 Å². The Kier molecular flexibility index (Phi) is 4.67. The second kappa shape index (κ2) is 7.06. The smallest absolute Gasteiger partial charge is 0.266 e. The van der Waals surface area contributed by atoms with Gasteiger partial charge in [0.2, 0.25) is 0 Å². The van der Waals surface area contributed by atoms with Crippen LogP contribution >= 0.6 is 11.3 Å². The summed E-state index contributed by atoms with van der Waals surface area (Å²) in [6.07, 6.45) is 6.31. The lowest BCUT2D eigenvalue weighted by atomic mass is 10.2. The number of aromatic nitrogens is 2. The number of Topliss-reactive ketones (excluding diaryl/α,β-unsaturated/α-hetero) is 1. The number of hydrogen-bond donors (Lipinski definition) is 1. The second-order valence-electron chi connectivity index (χ2n) is 4.95. The van der Waals surface area contributed by atoms with E-state index in [0.717, 1.165) is 11.3 Å². The Balaban J connectivity index is 1.95. The fourth-order valence-electron chi connectivity index (χ4n) is 2.09. The monoisotopic (exact) mass is 338 g/mol. The normalized spacial score (nSPS) is 12.4. The van der Waals surface area contributed by atoms with Crippen molar-refractivity contribution >= 4 is 29.3 Å². The molecule has 2 heterocycles. The van der Waals surface area contributed by atoms with Crippen LogP contribution in [0.15, 0.2) is 53.6 Å². The van der Waals surface area contributed by atoms with Gasteiger partial charge in [0.1, 0.15) is 5.75 Å². The summed E-state index contributed by atoms with van der Waals surface area (Å²) in [4.78, 5) is 30.8. The van der Waals surface area contributed by atoms with Crippen molar-refractivity contribution in [3.05, 3.63) is 79.5 Å². The van der Waals surface area contributed by atoms with Crippen molar-refractivity contribution in [3.8, 4) is 5.75 Å². The van der Waals surface area contributed by atoms with Gasteiger partial charge in [0.25, 0.3) is 5.56 Å². The highest BCUT2D eigenvalue weighted by atomic mass is 32.1. The standard InChI is InChI=1S/C18H14N2O3S/c1-23-14-4-2-12(3-5-14)10-16-18(22)20-17(24-16)11-15(21)13-6-8-19-9-7-13/h2-11H,1H3,(H,20,22). The SMILES string of the molecule is COc1ccc(C=c2sc(=CC(=O)c3ccncc3)[nH]c2=O)cc1. The van der Waals surface area contributed by atoms with Gasteiger partial charge in [0, 0.05) is 24.0 Å². The molecule has 0 aliphatic carbocycles. The number of nitrogens with zero attached hydrogens (tertiary/aromatic N) is 1. The molecule has 0 saturated carbocycles. The molecule has 0 spiro atoms. The highest BCUT2D eigenvalue weighted by molar-refractivity contribution is 7.07. The van der Waals surface area contributed by atoms with Crippen molar-refractivity contribution in [2.24, 2.45) is 0 Å². The van der Waals surface area contributed by atoms with Gasteiger partial charge >= 0.3 is 0 Å². The number of H-pyrrole nitrogens is 1. The Morgan fingerprint density at radius 3 is 2.54 bits per heavy atom. The third kappa shape index (κ3) is 3.67. The van der Waals surface area contributed by atoms with E-state index in [4.69, 9.17) is 4.74 Å². The molecule has 0 fully saturated rings. The first-order valence-corrected chi connectivity index (χ1v) is 7.98. The van der Waals surface area contributed by atoms with Crippen LogP contribution in [-0.4, -0.2) is 22.9 Å². The van der Waals surface area contributed by atoms with E-state index in [1.807, 2.05) is 24.3 Å². The molecule has 1 aromatic carbocycles. The fraction of sp³-hybridized carbons (Fsp3) is 0.0556. The molecule has 3 rings (SSSR count). The Morgan fingerprint density at radius 1 is 1.17 bits per heavy atom. The van der Waals surface area contributed by atoms with Crippen LogP contribution in [0.4, 0.5) is 0 Å². The Bertz CT molecular complexity index is 1020. The van der Waals surface area contributed by atoms with Crippen LogP contribution in [-0.2, 0) is 0 Å². The molecule has 24 heavy (non-hydrogen) atoms. The number of ketones is 1. The van der Waals surface area contributed by atoms with E-state index in [9.17, 15) is 9.59 Å². The van der Waals surface area contributed by atoms with E-state index in [-0.39, 0.29) is 11.3 Å². The van der Waals surface area contributed by atoms with Crippen LogP contribution in [0.1, 0.15) is 15.9 Å². The van der Waals surface area contributed by atoms with Gasteiger partial charge in [0.05, 0.1) is 16.3 Å². The molecule has 0 unspecified atom stereocenters. The maximum absolute atomic E-state index is 12.1. The number of hydrogen-bond acceptors (Lipinski definition) is 5. The first-order chi connectivity index (χ1) is 11.7. The van der Waals surface area contributed by atoms with Gasteiger partial charge < -0.3 is 9.72 Å². The maximum Gasteiger partial charge on any atom is 0.266 e. The molecule has 0 amide bonds. The molecule has 5 nitrogen and oxygen atoms in total. The molecule has 120 valence electrons. The Hall–Kier alpha value is -2.99. The third-order valence-electron chi connectivity index (χ3n) is 3.32. The van der Waals surface area contributed by atoms with Crippen LogP contribution in [0.2, 0.25) is 0 Å². The first-order valence-electron chi connectivity index (χ1n) is 7.17. The van der Waals surface area contributed by atoms with E-state index < -0.39 is 0 Å². The molecule has 3 aromatic rings. The van der Waals surface area contributed by atoms with Crippen LogP contribution in [0.3, 0.4) is 0 Å². The first kappa shape index (κ1) is 15.9. The van der Waals surface area contributed by atoms with Gasteiger partial charge in [-0.2, -0.15) is 0 Å². The van der Waals surface area contributed by atoms with Gasteiger partial charge in [-0.1, -0.05) is 12.1 Å². The van der Waals surface area contributed by atoms with Crippen molar-refractivity contribution in [1.29, 1.82) is 0 Å². The zero-order valence-electron chi connectivity index (χ0n) is 12.9. The van der Waals surface area contributed by atoms with Gasteiger partial charge in [-0.3, -0.25) is 14.6 Å². The molecule has 0 aliphatic heterocycles. The van der Waals surface area contributed by atoms with Crippen molar-refractivity contribution in [2.45, 2.75) is 0 Å². The fourth-order valence-corrected chi connectivity index (χ4v) is 2.98. The minimum atomic E-state index is -0.218.